The van der Waals surface area contributed by atoms with Gasteiger partial charge in [0.15, 0.2) is 0 Å². The number of rotatable bonds is 7. The second-order valence-corrected chi connectivity index (χ2v) is 8.13. The summed E-state index contributed by atoms with van der Waals surface area (Å²) in [7, 11) is -2.53. The number of aromatic nitrogens is 1. The molecule has 1 atom stereocenters. The number of para-hydroxylation sites is 1. The molecule has 0 radical (unpaired) electrons. The van der Waals surface area contributed by atoms with Gasteiger partial charge in [0.2, 0.25) is 15.9 Å². The Bertz CT molecular complexity index is 1140. The summed E-state index contributed by atoms with van der Waals surface area (Å²) in [5.41, 5.74) is 2.41. The molecule has 4 N–H and O–H groups in total. The molecule has 1 aromatic heterocycles. The van der Waals surface area contributed by atoms with Crippen molar-refractivity contribution in [3.05, 3.63) is 65.9 Å². The van der Waals surface area contributed by atoms with Crippen LogP contribution in [0.5, 0.6) is 0 Å². The SMILES string of the molecule is COC(=O)[C@@H](Cc1c[nH]c2ccccc12)NC(=O)Cc1ccc(S(N)(=O)=O)cc1. The molecule has 3 aromatic rings. The van der Waals surface area contributed by atoms with Gasteiger partial charge in [-0.1, -0.05) is 30.3 Å². The Morgan fingerprint density at radius 3 is 2.48 bits per heavy atom. The van der Waals surface area contributed by atoms with Crippen molar-refractivity contribution < 1.29 is 22.7 Å². The minimum atomic E-state index is -3.79. The number of primary sulfonamides is 1. The van der Waals surface area contributed by atoms with Crippen LogP contribution in [0.1, 0.15) is 11.1 Å². The van der Waals surface area contributed by atoms with Crippen LogP contribution in [0.2, 0.25) is 0 Å². The van der Waals surface area contributed by atoms with Crippen molar-refractivity contribution in [2.45, 2.75) is 23.8 Å². The lowest BCUT2D eigenvalue weighted by atomic mass is 10.0. The number of methoxy groups -OCH3 is 1. The third-order valence-corrected chi connectivity index (χ3v) is 5.47. The minimum absolute atomic E-state index is 0.0215. The summed E-state index contributed by atoms with van der Waals surface area (Å²) in [6.07, 6.45) is 2.05. The summed E-state index contributed by atoms with van der Waals surface area (Å²) < 4.78 is 27.5. The lowest BCUT2D eigenvalue weighted by Crippen LogP contribution is -2.43. The number of sulfonamides is 1. The number of aromatic amines is 1. The van der Waals surface area contributed by atoms with Gasteiger partial charge in [-0.2, -0.15) is 0 Å². The smallest absolute Gasteiger partial charge is 0.328 e. The molecule has 0 aliphatic rings. The maximum Gasteiger partial charge on any atom is 0.328 e. The van der Waals surface area contributed by atoms with Gasteiger partial charge in [0.25, 0.3) is 0 Å². The first-order valence-corrected chi connectivity index (χ1v) is 10.4. The molecule has 1 heterocycles. The van der Waals surface area contributed by atoms with E-state index in [4.69, 9.17) is 9.88 Å². The van der Waals surface area contributed by atoms with E-state index in [1.165, 1.54) is 31.4 Å². The number of nitrogens with two attached hydrogens (primary N) is 1. The number of carbonyl (C=O) groups excluding carboxylic acids is 2. The van der Waals surface area contributed by atoms with Crippen LogP contribution in [0.3, 0.4) is 0 Å². The first-order valence-electron chi connectivity index (χ1n) is 8.82. The van der Waals surface area contributed by atoms with Gasteiger partial charge in [0.05, 0.1) is 18.4 Å². The van der Waals surface area contributed by atoms with Crippen molar-refractivity contribution in [1.29, 1.82) is 0 Å². The summed E-state index contributed by atoms with van der Waals surface area (Å²) in [5.74, 6) is -0.934. The van der Waals surface area contributed by atoms with Crippen LogP contribution in [0.25, 0.3) is 10.9 Å². The van der Waals surface area contributed by atoms with E-state index in [-0.39, 0.29) is 23.6 Å². The number of hydrogen-bond donors (Lipinski definition) is 3. The van der Waals surface area contributed by atoms with E-state index >= 15 is 0 Å². The Balaban J connectivity index is 1.71. The molecule has 2 aromatic carbocycles. The van der Waals surface area contributed by atoms with E-state index in [1.807, 2.05) is 24.3 Å². The zero-order valence-electron chi connectivity index (χ0n) is 15.7. The quantitative estimate of drug-likeness (QED) is 0.500. The number of ether oxygens (including phenoxy) is 1. The van der Waals surface area contributed by atoms with Crippen LogP contribution in [0, 0.1) is 0 Å². The van der Waals surface area contributed by atoms with Crippen LogP contribution in [0.15, 0.2) is 59.6 Å². The molecule has 152 valence electrons. The topological polar surface area (TPSA) is 131 Å². The molecule has 3 rings (SSSR count). The molecular formula is C20H21N3O5S. The number of benzene rings is 2. The first-order chi connectivity index (χ1) is 13.8. The highest BCUT2D eigenvalue weighted by molar-refractivity contribution is 7.89. The van der Waals surface area contributed by atoms with E-state index in [9.17, 15) is 18.0 Å². The summed E-state index contributed by atoms with van der Waals surface area (Å²) in [6.45, 7) is 0. The number of carbonyl (C=O) groups is 2. The molecule has 0 aliphatic carbocycles. The fourth-order valence-electron chi connectivity index (χ4n) is 3.08. The zero-order chi connectivity index (χ0) is 21.0. The van der Waals surface area contributed by atoms with E-state index in [0.717, 1.165) is 16.5 Å². The van der Waals surface area contributed by atoms with Crippen LogP contribution >= 0.6 is 0 Å². The van der Waals surface area contributed by atoms with Crippen molar-refractivity contribution in [2.24, 2.45) is 5.14 Å². The Morgan fingerprint density at radius 2 is 1.83 bits per heavy atom. The highest BCUT2D eigenvalue weighted by atomic mass is 32.2. The van der Waals surface area contributed by atoms with Crippen molar-refractivity contribution in [3.8, 4) is 0 Å². The minimum Gasteiger partial charge on any atom is -0.467 e. The highest BCUT2D eigenvalue weighted by Gasteiger charge is 2.23. The maximum absolute atomic E-state index is 12.4. The predicted octanol–water partition coefficient (Wildman–Crippen LogP) is 1.26. The second-order valence-electron chi connectivity index (χ2n) is 6.57. The van der Waals surface area contributed by atoms with Gasteiger partial charge in [-0.05, 0) is 29.3 Å². The van der Waals surface area contributed by atoms with Gasteiger partial charge in [0, 0.05) is 23.5 Å². The number of hydrogen-bond acceptors (Lipinski definition) is 5. The number of nitrogens with one attached hydrogen (secondary N) is 2. The normalized spacial score (nSPS) is 12.5. The Hall–Kier alpha value is -3.17. The monoisotopic (exact) mass is 415 g/mol. The average molecular weight is 415 g/mol. The van der Waals surface area contributed by atoms with Crippen molar-refractivity contribution in [2.75, 3.05) is 7.11 Å². The third kappa shape index (κ3) is 5.01. The van der Waals surface area contributed by atoms with E-state index in [1.54, 1.807) is 6.20 Å². The largest absolute Gasteiger partial charge is 0.467 e. The molecule has 0 unspecified atom stereocenters. The van der Waals surface area contributed by atoms with Crippen molar-refractivity contribution in [3.63, 3.8) is 0 Å². The van der Waals surface area contributed by atoms with Crippen LogP contribution < -0.4 is 10.5 Å². The molecule has 29 heavy (non-hydrogen) atoms. The molecule has 0 aliphatic heterocycles. The number of esters is 1. The summed E-state index contributed by atoms with van der Waals surface area (Å²) in [6, 6.07) is 12.5. The predicted molar refractivity (Wildman–Crippen MR) is 107 cm³/mol. The van der Waals surface area contributed by atoms with Gasteiger partial charge in [-0.15, -0.1) is 0 Å². The average Bonchev–Trinajstić information content (AvgIpc) is 3.09. The van der Waals surface area contributed by atoms with Gasteiger partial charge in [0.1, 0.15) is 6.04 Å². The van der Waals surface area contributed by atoms with Gasteiger partial charge >= 0.3 is 5.97 Å². The Labute approximate surface area is 168 Å². The van der Waals surface area contributed by atoms with Crippen LogP contribution in [-0.4, -0.2) is 38.4 Å². The molecule has 0 saturated carbocycles. The first kappa shape index (κ1) is 20.6. The molecule has 9 heteroatoms. The lowest BCUT2D eigenvalue weighted by Gasteiger charge is -2.16. The zero-order valence-corrected chi connectivity index (χ0v) is 16.5. The van der Waals surface area contributed by atoms with Crippen molar-refractivity contribution >= 4 is 32.8 Å². The van der Waals surface area contributed by atoms with Crippen molar-refractivity contribution in [1.82, 2.24) is 10.3 Å². The maximum atomic E-state index is 12.4. The standard InChI is InChI=1S/C20H21N3O5S/c1-28-20(25)18(11-14-12-22-17-5-3-2-4-16(14)17)23-19(24)10-13-6-8-15(9-7-13)29(21,26)27/h2-9,12,18,22H,10-11H2,1H3,(H,23,24)(H2,21,26,27)/t18-/m1/s1. The van der Waals surface area contributed by atoms with Crippen LogP contribution in [0.4, 0.5) is 0 Å². The third-order valence-electron chi connectivity index (χ3n) is 4.54. The van der Waals surface area contributed by atoms with Gasteiger partial charge in [-0.3, -0.25) is 4.79 Å². The summed E-state index contributed by atoms with van der Waals surface area (Å²) in [5, 5.41) is 8.73. The highest BCUT2D eigenvalue weighted by Crippen LogP contribution is 2.19. The van der Waals surface area contributed by atoms with Crippen LogP contribution in [-0.2, 0) is 37.2 Å². The van der Waals surface area contributed by atoms with E-state index < -0.39 is 22.0 Å². The molecule has 1 amide bonds. The Morgan fingerprint density at radius 1 is 1.14 bits per heavy atom. The molecule has 0 bridgehead atoms. The van der Waals surface area contributed by atoms with E-state index in [0.29, 0.717) is 5.56 Å². The number of H-pyrrole nitrogens is 1. The molecular weight excluding hydrogens is 394 g/mol. The fraction of sp³-hybridized carbons (Fsp3) is 0.200. The van der Waals surface area contributed by atoms with Gasteiger partial charge in [-0.25, -0.2) is 18.4 Å². The Kier molecular flexibility index (Phi) is 6.00. The molecule has 0 fully saturated rings. The summed E-state index contributed by atoms with van der Waals surface area (Å²) >= 11 is 0. The van der Waals surface area contributed by atoms with E-state index in [2.05, 4.69) is 10.3 Å². The molecule has 0 saturated heterocycles. The summed E-state index contributed by atoms with van der Waals surface area (Å²) in [4.78, 5) is 27.7. The fourth-order valence-corrected chi connectivity index (χ4v) is 3.60. The molecule has 8 nitrogen and oxygen atoms in total. The lowest BCUT2D eigenvalue weighted by molar-refractivity contribution is -0.145. The number of fused-ring (bicyclic) bond motifs is 1. The van der Waals surface area contributed by atoms with Gasteiger partial charge < -0.3 is 15.0 Å². The second kappa shape index (κ2) is 8.46. The number of amides is 1. The molecule has 0 spiro atoms.